The molecule has 2 aromatic rings. The fourth-order valence-corrected chi connectivity index (χ4v) is 1.51. The molecule has 0 aliphatic heterocycles. The second-order valence-electron chi connectivity index (χ2n) is 3.58. The van der Waals surface area contributed by atoms with E-state index in [2.05, 4.69) is 15.3 Å². The first-order valence-electron chi connectivity index (χ1n) is 5.58. The van der Waals surface area contributed by atoms with Gasteiger partial charge in [-0.15, -0.1) is 0 Å². The average Bonchev–Trinajstić information content (AvgIpc) is 2.45. The van der Waals surface area contributed by atoms with E-state index < -0.39 is 0 Å². The molecule has 1 heterocycles. The van der Waals surface area contributed by atoms with Crippen LogP contribution in [0.2, 0.25) is 0 Å². The molecule has 0 aliphatic carbocycles. The molecule has 0 saturated heterocycles. The molecule has 0 aliphatic rings. The Labute approximate surface area is 106 Å². The van der Waals surface area contributed by atoms with Gasteiger partial charge in [0, 0.05) is 0 Å². The van der Waals surface area contributed by atoms with E-state index in [1.807, 2.05) is 31.3 Å². The smallest absolute Gasteiger partial charge is 0.163 e. The van der Waals surface area contributed by atoms with Gasteiger partial charge in [-0.3, -0.25) is 5.32 Å². The molecule has 1 aromatic heterocycles. The molecule has 0 fully saturated rings. The molecule has 5 nitrogen and oxygen atoms in total. The second-order valence-corrected chi connectivity index (χ2v) is 3.58. The van der Waals surface area contributed by atoms with E-state index in [1.165, 1.54) is 0 Å². The van der Waals surface area contributed by atoms with Crippen molar-refractivity contribution in [2.45, 2.75) is 0 Å². The first-order valence-corrected chi connectivity index (χ1v) is 5.58. The van der Waals surface area contributed by atoms with Crippen LogP contribution in [0.4, 0.5) is 0 Å². The van der Waals surface area contributed by atoms with Crippen LogP contribution in [0, 0.1) is 0 Å². The molecule has 0 saturated carbocycles. The third-order valence-electron chi connectivity index (χ3n) is 2.36. The van der Waals surface area contributed by atoms with Gasteiger partial charge in [0.05, 0.1) is 25.1 Å². The third-order valence-corrected chi connectivity index (χ3v) is 2.36. The Balaban J connectivity index is 2.23. The van der Waals surface area contributed by atoms with Crippen LogP contribution in [0.15, 0.2) is 36.7 Å². The largest absolute Gasteiger partial charge is 0.496 e. The van der Waals surface area contributed by atoms with Gasteiger partial charge in [-0.05, 0) is 19.2 Å². The Morgan fingerprint density at radius 2 is 1.89 bits per heavy atom. The predicted octanol–water partition coefficient (Wildman–Crippen LogP) is 1.71. The van der Waals surface area contributed by atoms with Crippen molar-refractivity contribution in [2.24, 2.45) is 0 Å². The summed E-state index contributed by atoms with van der Waals surface area (Å²) in [6, 6.07) is 7.63. The van der Waals surface area contributed by atoms with Crippen LogP contribution in [0.3, 0.4) is 0 Å². The first kappa shape index (κ1) is 12.3. The highest BCUT2D eigenvalue weighted by Crippen LogP contribution is 2.26. The van der Waals surface area contributed by atoms with E-state index >= 15 is 0 Å². The Morgan fingerprint density at radius 1 is 1.17 bits per heavy atom. The van der Waals surface area contributed by atoms with Crippen molar-refractivity contribution in [3.05, 3.63) is 36.7 Å². The standard InChI is InChI=1S/C13H15N3O2/c1-14-9-18-10-7-15-13(16-8-10)11-5-3-4-6-12(11)17-2/h3-8,14H,9H2,1-2H3. The highest BCUT2D eigenvalue weighted by molar-refractivity contribution is 5.63. The Kier molecular flexibility index (Phi) is 4.09. The van der Waals surface area contributed by atoms with Gasteiger partial charge >= 0.3 is 0 Å². The second kappa shape index (κ2) is 5.97. The minimum Gasteiger partial charge on any atom is -0.496 e. The number of hydrogen-bond donors (Lipinski definition) is 1. The molecule has 18 heavy (non-hydrogen) atoms. The quantitative estimate of drug-likeness (QED) is 0.813. The zero-order chi connectivity index (χ0) is 12.8. The maximum atomic E-state index is 5.34. The Bertz CT molecular complexity index is 500. The lowest BCUT2D eigenvalue weighted by Crippen LogP contribution is -2.14. The SMILES string of the molecule is CNCOc1cnc(-c2ccccc2OC)nc1. The molecule has 2 rings (SSSR count). The van der Waals surface area contributed by atoms with Crippen molar-refractivity contribution < 1.29 is 9.47 Å². The number of nitrogens with zero attached hydrogens (tertiary/aromatic N) is 2. The summed E-state index contributed by atoms with van der Waals surface area (Å²) >= 11 is 0. The lowest BCUT2D eigenvalue weighted by Gasteiger charge is -2.08. The number of rotatable bonds is 5. The van der Waals surface area contributed by atoms with Gasteiger partial charge in [-0.1, -0.05) is 12.1 Å². The summed E-state index contributed by atoms with van der Waals surface area (Å²) < 4.78 is 10.6. The van der Waals surface area contributed by atoms with E-state index in [0.29, 0.717) is 18.3 Å². The zero-order valence-corrected chi connectivity index (χ0v) is 10.4. The molecule has 0 amide bonds. The summed E-state index contributed by atoms with van der Waals surface area (Å²) in [4.78, 5) is 8.53. The molecule has 1 N–H and O–H groups in total. The first-order chi connectivity index (χ1) is 8.85. The Morgan fingerprint density at radius 3 is 2.56 bits per heavy atom. The van der Waals surface area contributed by atoms with Crippen LogP contribution in [0.25, 0.3) is 11.4 Å². The van der Waals surface area contributed by atoms with E-state index in [9.17, 15) is 0 Å². The maximum absolute atomic E-state index is 5.34. The highest BCUT2D eigenvalue weighted by atomic mass is 16.5. The van der Waals surface area contributed by atoms with E-state index in [1.54, 1.807) is 19.5 Å². The number of nitrogens with one attached hydrogen (secondary N) is 1. The van der Waals surface area contributed by atoms with Gasteiger partial charge in [-0.25, -0.2) is 9.97 Å². The van der Waals surface area contributed by atoms with Gasteiger partial charge in [-0.2, -0.15) is 0 Å². The van der Waals surface area contributed by atoms with Crippen molar-refractivity contribution in [3.63, 3.8) is 0 Å². The molecular formula is C13H15N3O2. The van der Waals surface area contributed by atoms with E-state index in [0.717, 1.165) is 11.3 Å². The summed E-state index contributed by atoms with van der Waals surface area (Å²) in [6.45, 7) is 0.428. The number of aromatic nitrogens is 2. The van der Waals surface area contributed by atoms with Crippen molar-refractivity contribution in [3.8, 4) is 22.9 Å². The van der Waals surface area contributed by atoms with E-state index in [4.69, 9.17) is 9.47 Å². The summed E-state index contributed by atoms with van der Waals surface area (Å²) in [5, 5.41) is 2.88. The van der Waals surface area contributed by atoms with E-state index in [-0.39, 0.29) is 0 Å². The molecule has 94 valence electrons. The van der Waals surface area contributed by atoms with Crippen molar-refractivity contribution >= 4 is 0 Å². The summed E-state index contributed by atoms with van der Waals surface area (Å²) in [6.07, 6.45) is 3.29. The van der Waals surface area contributed by atoms with Gasteiger partial charge in [0.1, 0.15) is 12.5 Å². The van der Waals surface area contributed by atoms with Crippen molar-refractivity contribution in [2.75, 3.05) is 20.9 Å². The number of methoxy groups -OCH3 is 1. The van der Waals surface area contributed by atoms with Crippen LogP contribution >= 0.6 is 0 Å². The zero-order valence-electron chi connectivity index (χ0n) is 10.4. The van der Waals surface area contributed by atoms with Crippen molar-refractivity contribution in [1.29, 1.82) is 0 Å². The van der Waals surface area contributed by atoms with Crippen LogP contribution in [-0.2, 0) is 0 Å². The molecule has 0 atom stereocenters. The lowest BCUT2D eigenvalue weighted by molar-refractivity contribution is 0.293. The summed E-state index contributed by atoms with van der Waals surface area (Å²) in [5.74, 6) is 1.99. The molecular weight excluding hydrogens is 230 g/mol. The van der Waals surface area contributed by atoms with Gasteiger partial charge in [0.15, 0.2) is 11.6 Å². The maximum Gasteiger partial charge on any atom is 0.163 e. The summed E-state index contributed by atoms with van der Waals surface area (Å²) in [7, 11) is 3.44. The summed E-state index contributed by atoms with van der Waals surface area (Å²) in [5.41, 5.74) is 0.861. The minimum absolute atomic E-state index is 0.428. The van der Waals surface area contributed by atoms with Crippen molar-refractivity contribution in [1.82, 2.24) is 15.3 Å². The molecule has 0 radical (unpaired) electrons. The molecule has 0 unspecified atom stereocenters. The van der Waals surface area contributed by atoms with Gasteiger partial charge in [0.25, 0.3) is 0 Å². The van der Waals surface area contributed by atoms with Crippen LogP contribution in [0.5, 0.6) is 11.5 Å². The highest BCUT2D eigenvalue weighted by Gasteiger charge is 2.07. The van der Waals surface area contributed by atoms with Crippen LogP contribution in [-0.4, -0.2) is 30.9 Å². The number of hydrogen-bond acceptors (Lipinski definition) is 5. The average molecular weight is 245 g/mol. The fourth-order valence-electron chi connectivity index (χ4n) is 1.51. The molecule has 5 heteroatoms. The van der Waals surface area contributed by atoms with Gasteiger partial charge < -0.3 is 9.47 Å². The monoisotopic (exact) mass is 245 g/mol. The number of para-hydroxylation sites is 1. The fraction of sp³-hybridized carbons (Fsp3) is 0.231. The molecule has 0 bridgehead atoms. The molecule has 0 spiro atoms. The normalized spacial score (nSPS) is 10.1. The van der Waals surface area contributed by atoms with Crippen LogP contribution in [0.1, 0.15) is 0 Å². The minimum atomic E-state index is 0.428. The predicted molar refractivity (Wildman–Crippen MR) is 68.6 cm³/mol. The lowest BCUT2D eigenvalue weighted by atomic mass is 10.2. The third kappa shape index (κ3) is 2.75. The van der Waals surface area contributed by atoms with Gasteiger partial charge in [0.2, 0.25) is 0 Å². The number of ether oxygens (including phenoxy) is 2. The number of benzene rings is 1. The Hall–Kier alpha value is -2.14. The van der Waals surface area contributed by atoms with Crippen LogP contribution < -0.4 is 14.8 Å². The topological polar surface area (TPSA) is 56.3 Å². The molecule has 1 aromatic carbocycles.